The van der Waals surface area contributed by atoms with E-state index in [-0.39, 0.29) is 40.7 Å². The molecule has 2 N–H and O–H groups in total. The third kappa shape index (κ3) is 6.74. The Balaban J connectivity index is 1.58. The van der Waals surface area contributed by atoms with Gasteiger partial charge in [0.05, 0.1) is 28.8 Å². The van der Waals surface area contributed by atoms with Crippen molar-refractivity contribution in [3.8, 4) is 11.1 Å². The summed E-state index contributed by atoms with van der Waals surface area (Å²) in [7, 11) is 0. The van der Waals surface area contributed by atoms with Crippen LogP contribution in [0.3, 0.4) is 0 Å². The van der Waals surface area contributed by atoms with Gasteiger partial charge in [-0.25, -0.2) is 18.2 Å². The Kier molecular flexibility index (Phi) is 8.51. The Hall–Kier alpha value is -5.00. The number of aromatic nitrogens is 3. The molecule has 0 aliphatic carbocycles. The highest BCUT2D eigenvalue weighted by Gasteiger charge is 2.38. The fourth-order valence-electron chi connectivity index (χ4n) is 5.42. The van der Waals surface area contributed by atoms with Gasteiger partial charge >= 0.3 is 6.18 Å². The highest BCUT2D eigenvalue weighted by molar-refractivity contribution is 5.94. The minimum atomic E-state index is -4.85. The van der Waals surface area contributed by atoms with Gasteiger partial charge in [0, 0.05) is 30.2 Å². The first-order chi connectivity index (χ1) is 21.2. The van der Waals surface area contributed by atoms with Crippen molar-refractivity contribution in [3.63, 3.8) is 0 Å². The molecule has 0 saturated heterocycles. The number of Topliss-reactive ketones (excluding diaryl/α,β-unsaturated/α-hetero) is 1. The van der Waals surface area contributed by atoms with E-state index >= 15 is 0 Å². The highest BCUT2D eigenvalue weighted by Crippen LogP contribution is 2.35. The smallest absolute Gasteiger partial charge is 0.366 e. The molecular weight excluding hydrogens is 598 g/mol. The van der Waals surface area contributed by atoms with Crippen LogP contribution in [0.2, 0.25) is 0 Å². The lowest BCUT2D eigenvalue weighted by Crippen LogP contribution is -2.21. The van der Waals surface area contributed by atoms with E-state index in [9.17, 15) is 35.9 Å². The molecule has 2 aromatic heterocycles. The number of amides is 1. The van der Waals surface area contributed by atoms with E-state index in [1.54, 1.807) is 26.0 Å². The first-order valence-corrected chi connectivity index (χ1v) is 13.8. The summed E-state index contributed by atoms with van der Waals surface area (Å²) in [6.45, 7) is 2.79. The molecule has 1 atom stereocenters. The van der Waals surface area contributed by atoms with Crippen LogP contribution in [0.4, 0.5) is 26.3 Å². The summed E-state index contributed by atoms with van der Waals surface area (Å²) in [5, 5.41) is 0. The topological polar surface area (TPSA) is 90.9 Å². The maximum Gasteiger partial charge on any atom is 0.449 e. The number of alkyl halides is 3. The number of halogens is 6. The van der Waals surface area contributed by atoms with E-state index in [0.717, 1.165) is 28.3 Å². The number of ketones is 1. The van der Waals surface area contributed by atoms with Crippen LogP contribution in [0, 0.1) is 31.3 Å². The zero-order chi connectivity index (χ0) is 32.6. The molecule has 0 unspecified atom stereocenters. The number of carbonyl (C=O) groups is 2. The second-order valence-corrected chi connectivity index (χ2v) is 10.9. The highest BCUT2D eigenvalue weighted by atomic mass is 19.4. The van der Waals surface area contributed by atoms with E-state index < -0.39 is 53.6 Å². The number of hydrogen-bond acceptors (Lipinski definition) is 4. The molecular formula is C33H26F6N4O2. The van der Waals surface area contributed by atoms with Crippen LogP contribution < -0.4 is 5.73 Å². The molecule has 0 aliphatic heterocycles. The van der Waals surface area contributed by atoms with Crippen LogP contribution in [0.5, 0.6) is 0 Å². The van der Waals surface area contributed by atoms with Crippen molar-refractivity contribution in [2.75, 3.05) is 0 Å². The predicted octanol–water partition coefficient (Wildman–Crippen LogP) is 7.24. The fraction of sp³-hybridized carbons (Fsp3) is 0.212. The Bertz CT molecular complexity index is 1930. The van der Waals surface area contributed by atoms with Gasteiger partial charge < -0.3 is 10.3 Å². The molecule has 0 saturated carbocycles. The van der Waals surface area contributed by atoms with Crippen molar-refractivity contribution in [3.05, 3.63) is 118 Å². The van der Waals surface area contributed by atoms with E-state index in [1.165, 1.54) is 30.5 Å². The second kappa shape index (κ2) is 12.2. The van der Waals surface area contributed by atoms with Crippen molar-refractivity contribution < 1.29 is 35.9 Å². The summed E-state index contributed by atoms with van der Waals surface area (Å²) in [4.78, 5) is 33.6. The number of pyridine rings is 1. The van der Waals surface area contributed by atoms with Gasteiger partial charge in [-0.15, -0.1) is 0 Å². The van der Waals surface area contributed by atoms with E-state index in [1.807, 2.05) is 0 Å². The van der Waals surface area contributed by atoms with Gasteiger partial charge in [0.25, 0.3) is 5.91 Å². The summed E-state index contributed by atoms with van der Waals surface area (Å²) in [6, 6.07) is 12.7. The number of hydrogen-bond donors (Lipinski definition) is 1. The summed E-state index contributed by atoms with van der Waals surface area (Å²) in [5.74, 6) is -6.34. The minimum Gasteiger partial charge on any atom is -0.366 e. The molecule has 232 valence electrons. The lowest BCUT2D eigenvalue weighted by molar-refractivity contribution is -0.147. The van der Waals surface area contributed by atoms with Crippen LogP contribution >= 0.6 is 0 Å². The number of primary amides is 1. The van der Waals surface area contributed by atoms with Gasteiger partial charge in [0.15, 0.2) is 5.78 Å². The number of imidazole rings is 1. The van der Waals surface area contributed by atoms with Crippen LogP contribution in [0.25, 0.3) is 22.2 Å². The molecule has 12 heteroatoms. The predicted molar refractivity (Wildman–Crippen MR) is 155 cm³/mol. The van der Waals surface area contributed by atoms with E-state index in [2.05, 4.69) is 9.97 Å². The summed E-state index contributed by atoms with van der Waals surface area (Å²) in [6.07, 6.45) is -3.94. The number of fused-ring (bicyclic) bond motifs is 1. The molecule has 2 heterocycles. The Morgan fingerprint density at radius 3 is 2.29 bits per heavy atom. The van der Waals surface area contributed by atoms with Crippen molar-refractivity contribution in [2.24, 2.45) is 5.73 Å². The van der Waals surface area contributed by atoms with Crippen LogP contribution in [0.1, 0.15) is 50.9 Å². The van der Waals surface area contributed by atoms with Crippen molar-refractivity contribution >= 4 is 22.7 Å². The molecule has 0 bridgehead atoms. The van der Waals surface area contributed by atoms with Crippen LogP contribution in [0.15, 0.2) is 66.9 Å². The molecule has 0 radical (unpaired) electrons. The third-order valence-corrected chi connectivity index (χ3v) is 7.60. The third-order valence-electron chi connectivity index (χ3n) is 7.60. The molecule has 0 aliphatic rings. The number of benzene rings is 3. The number of nitrogens with zero attached hydrogens (tertiary/aromatic N) is 3. The monoisotopic (exact) mass is 624 g/mol. The van der Waals surface area contributed by atoms with Crippen molar-refractivity contribution in [2.45, 2.75) is 45.3 Å². The molecule has 5 rings (SSSR count). The first kappa shape index (κ1) is 31.4. The SMILES string of the molecule is Cc1cc2nc(C(F)(F)F)n(CC(=O)C[C@@H](Cc3cc(F)cc(F)c3)c3ncccc3-c3ccc(F)c(C(N)=O)c3)c2cc1C. The van der Waals surface area contributed by atoms with Crippen molar-refractivity contribution in [1.82, 2.24) is 14.5 Å². The molecule has 45 heavy (non-hydrogen) atoms. The Morgan fingerprint density at radius 1 is 0.933 bits per heavy atom. The van der Waals surface area contributed by atoms with Gasteiger partial charge in [0.2, 0.25) is 5.82 Å². The lowest BCUT2D eigenvalue weighted by atomic mass is 9.86. The molecule has 1 amide bonds. The van der Waals surface area contributed by atoms with Crippen LogP contribution in [-0.4, -0.2) is 26.2 Å². The van der Waals surface area contributed by atoms with Gasteiger partial charge in [-0.2, -0.15) is 13.2 Å². The fourth-order valence-corrected chi connectivity index (χ4v) is 5.42. The molecule has 3 aromatic carbocycles. The first-order valence-electron chi connectivity index (χ1n) is 13.8. The molecule has 0 spiro atoms. The summed E-state index contributed by atoms with van der Waals surface area (Å²) >= 11 is 0. The Labute approximate surface area is 253 Å². The van der Waals surface area contributed by atoms with E-state index in [0.29, 0.717) is 22.8 Å². The quantitative estimate of drug-likeness (QED) is 0.175. The van der Waals surface area contributed by atoms with Gasteiger partial charge in [-0.3, -0.25) is 14.6 Å². The zero-order valence-electron chi connectivity index (χ0n) is 24.1. The molecule has 5 aromatic rings. The average molecular weight is 625 g/mol. The van der Waals surface area contributed by atoms with Gasteiger partial charge in [-0.1, -0.05) is 12.1 Å². The average Bonchev–Trinajstić information content (AvgIpc) is 3.29. The maximum atomic E-state index is 14.3. The number of aryl methyl sites for hydroxylation is 2. The summed E-state index contributed by atoms with van der Waals surface area (Å²) < 4.78 is 85.5. The normalized spacial score (nSPS) is 12.4. The van der Waals surface area contributed by atoms with Gasteiger partial charge in [0.1, 0.15) is 17.5 Å². The maximum absolute atomic E-state index is 14.3. The van der Waals surface area contributed by atoms with E-state index in [4.69, 9.17) is 5.73 Å². The summed E-state index contributed by atoms with van der Waals surface area (Å²) in [5.41, 5.74) is 7.70. The number of rotatable bonds is 9. The molecule has 0 fully saturated rings. The minimum absolute atomic E-state index is 0.0820. The molecule has 6 nitrogen and oxygen atoms in total. The number of carbonyl (C=O) groups excluding carboxylic acids is 2. The van der Waals surface area contributed by atoms with Crippen molar-refractivity contribution in [1.29, 1.82) is 0 Å². The Morgan fingerprint density at radius 2 is 1.62 bits per heavy atom. The van der Waals surface area contributed by atoms with Crippen LogP contribution in [-0.2, 0) is 23.9 Å². The number of nitrogens with two attached hydrogens (primary N) is 1. The van der Waals surface area contributed by atoms with Gasteiger partial charge in [-0.05, 0) is 85.0 Å². The largest absolute Gasteiger partial charge is 0.449 e. The lowest BCUT2D eigenvalue weighted by Gasteiger charge is -2.21. The zero-order valence-corrected chi connectivity index (χ0v) is 24.1. The standard InChI is InChI=1S/C33H26F6N4O2/c1-17-8-28-29(9-18(17)2)43(32(42-28)33(37,38)39)16-24(44)13-21(10-19-11-22(34)15-23(35)12-19)30-25(4-3-7-41-30)20-5-6-27(36)26(14-20)31(40)45/h3-9,11-12,14-15,21H,10,13,16H2,1-2H3,(H2,40,45)/t21-/m1/s1. The second-order valence-electron chi connectivity index (χ2n) is 10.9.